The molecule has 5 nitrogen and oxygen atoms in total. The van der Waals surface area contributed by atoms with Crippen molar-refractivity contribution in [2.75, 3.05) is 13.1 Å². The first-order chi connectivity index (χ1) is 8.72. The van der Waals surface area contributed by atoms with Crippen molar-refractivity contribution in [1.82, 2.24) is 10.4 Å². The van der Waals surface area contributed by atoms with Gasteiger partial charge in [0.05, 0.1) is 5.56 Å². The third-order valence-corrected chi connectivity index (χ3v) is 3.60. The lowest BCUT2D eigenvalue weighted by atomic mass is 9.89. The Morgan fingerprint density at radius 3 is 2.72 bits per heavy atom. The molecule has 1 aromatic carbocycles. The molecule has 2 fully saturated rings. The van der Waals surface area contributed by atoms with Gasteiger partial charge in [-0.25, -0.2) is 4.79 Å². The third kappa shape index (κ3) is 1.59. The number of carbonyl (C=O) groups is 2. The van der Waals surface area contributed by atoms with Crippen LogP contribution in [0.2, 0.25) is 0 Å². The van der Waals surface area contributed by atoms with Gasteiger partial charge >= 0.3 is 5.97 Å². The third-order valence-electron chi connectivity index (χ3n) is 3.60. The van der Waals surface area contributed by atoms with Crippen LogP contribution in [0, 0.1) is 0 Å². The number of hydroxylamine groups is 2. The van der Waals surface area contributed by atoms with Crippen molar-refractivity contribution >= 4 is 11.9 Å². The van der Waals surface area contributed by atoms with Gasteiger partial charge in [-0.3, -0.25) is 4.79 Å². The molecule has 5 heteroatoms. The molecule has 1 amide bonds. The molecular formula is C13H14N2O3. The van der Waals surface area contributed by atoms with Crippen LogP contribution < -0.4 is 5.32 Å². The average Bonchev–Trinajstić information content (AvgIpc) is 2.84. The molecule has 1 unspecified atom stereocenters. The Morgan fingerprint density at radius 2 is 2.11 bits per heavy atom. The maximum atomic E-state index is 11.9. The van der Waals surface area contributed by atoms with E-state index in [0.717, 1.165) is 12.8 Å². The molecule has 1 N–H and O–H groups in total. The number of nitrogens with zero attached hydrogens (tertiary/aromatic N) is 1. The summed E-state index contributed by atoms with van der Waals surface area (Å²) in [7, 11) is 0. The van der Waals surface area contributed by atoms with Crippen LogP contribution in [-0.2, 0) is 9.63 Å². The fraction of sp³-hybridized carbons (Fsp3) is 0.385. The SMILES string of the molecule is O=C(ON1CCCC12CNC2=O)c1ccccc1. The van der Waals surface area contributed by atoms with Crippen LogP contribution in [0.3, 0.4) is 0 Å². The number of rotatable bonds is 2. The van der Waals surface area contributed by atoms with Gasteiger partial charge in [-0.05, 0) is 25.0 Å². The van der Waals surface area contributed by atoms with E-state index in [0.29, 0.717) is 18.7 Å². The zero-order chi connectivity index (χ0) is 12.6. The lowest BCUT2D eigenvalue weighted by Gasteiger charge is -2.42. The molecule has 94 valence electrons. The average molecular weight is 246 g/mol. The maximum absolute atomic E-state index is 11.9. The summed E-state index contributed by atoms with van der Waals surface area (Å²) in [4.78, 5) is 28.9. The molecule has 1 atom stereocenters. The molecule has 0 bridgehead atoms. The lowest BCUT2D eigenvalue weighted by Crippen LogP contribution is -2.70. The Labute approximate surface area is 105 Å². The smallest absolute Gasteiger partial charge is 0.357 e. The number of carbonyl (C=O) groups excluding carboxylic acids is 2. The number of hydrogen-bond donors (Lipinski definition) is 1. The van der Waals surface area contributed by atoms with Gasteiger partial charge in [-0.15, -0.1) is 5.06 Å². The predicted molar refractivity (Wildman–Crippen MR) is 63.5 cm³/mol. The number of β-lactam (4-membered cyclic amide) rings is 1. The van der Waals surface area contributed by atoms with E-state index in [1.807, 2.05) is 6.07 Å². The zero-order valence-electron chi connectivity index (χ0n) is 9.89. The second-order valence-electron chi connectivity index (χ2n) is 4.66. The molecule has 0 aliphatic carbocycles. The van der Waals surface area contributed by atoms with Crippen molar-refractivity contribution in [3.05, 3.63) is 35.9 Å². The van der Waals surface area contributed by atoms with Crippen LogP contribution in [0.5, 0.6) is 0 Å². The van der Waals surface area contributed by atoms with Crippen LogP contribution in [0.4, 0.5) is 0 Å². The van der Waals surface area contributed by atoms with E-state index in [2.05, 4.69) is 5.32 Å². The monoisotopic (exact) mass is 246 g/mol. The summed E-state index contributed by atoms with van der Waals surface area (Å²) in [5.74, 6) is -0.447. The van der Waals surface area contributed by atoms with E-state index in [1.165, 1.54) is 0 Å². The van der Waals surface area contributed by atoms with Crippen molar-refractivity contribution in [1.29, 1.82) is 0 Å². The summed E-state index contributed by atoms with van der Waals surface area (Å²) in [6.45, 7) is 1.18. The maximum Gasteiger partial charge on any atom is 0.357 e. The Bertz CT molecular complexity index is 488. The van der Waals surface area contributed by atoms with E-state index in [4.69, 9.17) is 4.84 Å². The minimum absolute atomic E-state index is 0.0409. The number of amides is 1. The fourth-order valence-corrected chi connectivity index (χ4v) is 2.48. The lowest BCUT2D eigenvalue weighted by molar-refractivity contribution is -0.185. The molecule has 1 spiro atoms. The van der Waals surface area contributed by atoms with E-state index < -0.39 is 11.5 Å². The Morgan fingerprint density at radius 1 is 1.33 bits per heavy atom. The number of nitrogens with one attached hydrogen (secondary N) is 1. The van der Waals surface area contributed by atoms with Gasteiger partial charge in [-0.1, -0.05) is 18.2 Å². The highest BCUT2D eigenvalue weighted by molar-refractivity contribution is 5.93. The van der Waals surface area contributed by atoms with Gasteiger partial charge in [-0.2, -0.15) is 0 Å². The Balaban J connectivity index is 1.73. The quantitative estimate of drug-likeness (QED) is 0.781. The summed E-state index contributed by atoms with van der Waals surface area (Å²) in [6.07, 6.45) is 1.62. The van der Waals surface area contributed by atoms with E-state index in [9.17, 15) is 9.59 Å². The highest BCUT2D eigenvalue weighted by Crippen LogP contribution is 2.34. The summed E-state index contributed by atoms with van der Waals surface area (Å²) in [5.41, 5.74) is -0.107. The Kier molecular flexibility index (Phi) is 2.56. The second-order valence-corrected chi connectivity index (χ2v) is 4.66. The van der Waals surface area contributed by atoms with Crippen molar-refractivity contribution in [2.45, 2.75) is 18.4 Å². The molecule has 2 aliphatic heterocycles. The van der Waals surface area contributed by atoms with Crippen LogP contribution in [0.25, 0.3) is 0 Å². The van der Waals surface area contributed by atoms with Gasteiger partial charge in [0.1, 0.15) is 0 Å². The van der Waals surface area contributed by atoms with Gasteiger partial charge in [0.25, 0.3) is 0 Å². The minimum atomic E-state index is -0.607. The molecular weight excluding hydrogens is 232 g/mol. The highest BCUT2D eigenvalue weighted by atomic mass is 16.7. The van der Waals surface area contributed by atoms with Crippen molar-refractivity contribution in [3.8, 4) is 0 Å². The first kappa shape index (κ1) is 11.2. The normalized spacial score (nSPS) is 26.8. The number of hydrogen-bond acceptors (Lipinski definition) is 4. The molecule has 18 heavy (non-hydrogen) atoms. The van der Waals surface area contributed by atoms with Gasteiger partial charge < -0.3 is 10.2 Å². The van der Waals surface area contributed by atoms with E-state index in [1.54, 1.807) is 29.3 Å². The topological polar surface area (TPSA) is 58.6 Å². The molecule has 2 aliphatic rings. The largest absolute Gasteiger partial charge is 0.363 e. The van der Waals surface area contributed by atoms with Crippen LogP contribution in [0.15, 0.2) is 30.3 Å². The van der Waals surface area contributed by atoms with Crippen LogP contribution in [-0.4, -0.2) is 35.6 Å². The summed E-state index contributed by atoms with van der Waals surface area (Å²) < 4.78 is 0. The first-order valence-electron chi connectivity index (χ1n) is 6.06. The first-order valence-corrected chi connectivity index (χ1v) is 6.06. The van der Waals surface area contributed by atoms with Crippen molar-refractivity contribution < 1.29 is 14.4 Å². The molecule has 0 radical (unpaired) electrons. The van der Waals surface area contributed by atoms with Crippen LogP contribution in [0.1, 0.15) is 23.2 Å². The minimum Gasteiger partial charge on any atom is -0.363 e. The Hall–Kier alpha value is -1.88. The molecule has 2 heterocycles. The van der Waals surface area contributed by atoms with Crippen LogP contribution >= 0.6 is 0 Å². The molecule has 3 rings (SSSR count). The molecule has 2 saturated heterocycles. The highest BCUT2D eigenvalue weighted by Gasteiger charge is 2.55. The van der Waals surface area contributed by atoms with Gasteiger partial charge in [0, 0.05) is 13.1 Å². The predicted octanol–water partition coefficient (Wildman–Crippen LogP) is 0.723. The second kappa shape index (κ2) is 4.10. The summed E-state index contributed by atoms with van der Waals surface area (Å²) in [5, 5.41) is 4.26. The zero-order valence-corrected chi connectivity index (χ0v) is 9.89. The summed E-state index contributed by atoms with van der Waals surface area (Å²) in [6, 6.07) is 8.81. The number of benzene rings is 1. The molecule has 0 aromatic heterocycles. The van der Waals surface area contributed by atoms with Crippen molar-refractivity contribution in [2.24, 2.45) is 0 Å². The molecule has 0 saturated carbocycles. The summed E-state index contributed by atoms with van der Waals surface area (Å²) >= 11 is 0. The van der Waals surface area contributed by atoms with E-state index in [-0.39, 0.29) is 5.91 Å². The fourth-order valence-electron chi connectivity index (χ4n) is 2.48. The van der Waals surface area contributed by atoms with Gasteiger partial charge in [0.2, 0.25) is 5.91 Å². The van der Waals surface area contributed by atoms with Gasteiger partial charge in [0.15, 0.2) is 5.54 Å². The standard InChI is InChI=1S/C13H14N2O3/c16-11(10-5-2-1-3-6-10)18-15-8-4-7-13(15)9-14-12(13)17/h1-3,5-6H,4,7-9H2,(H,14,17). The van der Waals surface area contributed by atoms with Crippen molar-refractivity contribution in [3.63, 3.8) is 0 Å². The molecule has 1 aromatic rings. The van der Waals surface area contributed by atoms with E-state index >= 15 is 0 Å².